The van der Waals surface area contributed by atoms with Gasteiger partial charge in [0.25, 0.3) is 0 Å². The van der Waals surface area contributed by atoms with Gasteiger partial charge in [0.05, 0.1) is 0 Å². The summed E-state index contributed by atoms with van der Waals surface area (Å²) in [6.45, 7) is 9.27. The number of fused-ring (bicyclic) bond motifs is 7. The average molecular weight is 727 g/mol. The molecule has 0 unspecified atom stereocenters. The summed E-state index contributed by atoms with van der Waals surface area (Å²) in [5.41, 5.74) is 18.1. The van der Waals surface area contributed by atoms with Crippen molar-refractivity contribution in [3.8, 4) is 55.6 Å². The van der Waals surface area contributed by atoms with E-state index in [-0.39, 0.29) is 5.41 Å². The molecular formula is C57H42. The molecule has 0 saturated carbocycles. The summed E-state index contributed by atoms with van der Waals surface area (Å²) in [4.78, 5) is 0. The number of hydrogen-bond donors (Lipinski definition) is 0. The second-order valence-corrected chi connectivity index (χ2v) is 16.5. The Hall–Kier alpha value is -6.76. The first-order chi connectivity index (χ1) is 27.9. The molecule has 0 N–H and O–H groups in total. The summed E-state index contributed by atoms with van der Waals surface area (Å²) in [6.07, 6.45) is 0. The summed E-state index contributed by atoms with van der Waals surface area (Å²) in [7, 11) is 0. The van der Waals surface area contributed by atoms with Crippen molar-refractivity contribution < 1.29 is 0 Å². The maximum absolute atomic E-state index is 2.44. The number of hydrogen-bond acceptors (Lipinski definition) is 0. The summed E-state index contributed by atoms with van der Waals surface area (Å²) in [5.74, 6) is 0. The van der Waals surface area contributed by atoms with Crippen LogP contribution in [0.5, 0.6) is 0 Å². The van der Waals surface area contributed by atoms with Gasteiger partial charge < -0.3 is 0 Å². The maximum Gasteiger partial charge on any atom is 0.0159 e. The van der Waals surface area contributed by atoms with Gasteiger partial charge in [-0.25, -0.2) is 0 Å². The van der Waals surface area contributed by atoms with E-state index in [4.69, 9.17) is 0 Å². The van der Waals surface area contributed by atoms with Crippen LogP contribution in [0, 0.1) is 13.8 Å². The summed E-state index contributed by atoms with van der Waals surface area (Å²) in [6, 6.07) is 68.0. The van der Waals surface area contributed by atoms with Crippen molar-refractivity contribution in [1.29, 1.82) is 0 Å². The molecule has 270 valence electrons. The second-order valence-electron chi connectivity index (χ2n) is 16.5. The molecule has 1 aliphatic carbocycles. The van der Waals surface area contributed by atoms with Gasteiger partial charge in [0.15, 0.2) is 0 Å². The SMILES string of the molecule is Cc1c2ccccc2c(-c2ccc(-c3ccc4c(c3)C(C)(C)c3cc(-c5ccc(-c6c7ccccc7c(C)c7ccccc67)cc5)ccc3-4)cc2)c2ccccc12. The maximum atomic E-state index is 2.44. The fourth-order valence-corrected chi connectivity index (χ4v) is 10.1. The van der Waals surface area contributed by atoms with Crippen LogP contribution in [-0.4, -0.2) is 0 Å². The van der Waals surface area contributed by atoms with Crippen LogP contribution in [0.1, 0.15) is 36.1 Å². The molecule has 0 radical (unpaired) electrons. The van der Waals surface area contributed by atoms with E-state index >= 15 is 0 Å². The first-order valence-electron chi connectivity index (χ1n) is 20.2. The third-order valence-corrected chi connectivity index (χ3v) is 13.1. The third kappa shape index (κ3) is 5.07. The highest BCUT2D eigenvalue weighted by atomic mass is 14.4. The topological polar surface area (TPSA) is 0 Å². The molecule has 1 aliphatic rings. The molecule has 0 aliphatic heterocycles. The monoisotopic (exact) mass is 726 g/mol. The van der Waals surface area contributed by atoms with Gasteiger partial charge in [-0.3, -0.25) is 0 Å². The van der Waals surface area contributed by atoms with E-state index in [0.717, 1.165) is 0 Å². The third-order valence-electron chi connectivity index (χ3n) is 13.1. The highest BCUT2D eigenvalue weighted by molar-refractivity contribution is 6.16. The Morgan fingerprint density at radius 3 is 0.860 bits per heavy atom. The molecule has 10 aromatic carbocycles. The quantitative estimate of drug-likeness (QED) is 0.158. The van der Waals surface area contributed by atoms with Crippen molar-refractivity contribution >= 4 is 43.1 Å². The molecule has 0 bridgehead atoms. The van der Waals surface area contributed by atoms with Gasteiger partial charge in [-0.2, -0.15) is 0 Å². The fourth-order valence-electron chi connectivity index (χ4n) is 10.1. The van der Waals surface area contributed by atoms with Crippen LogP contribution in [0.25, 0.3) is 98.7 Å². The molecule has 0 saturated heterocycles. The molecule has 0 amide bonds. The Labute approximate surface area is 334 Å². The zero-order valence-corrected chi connectivity index (χ0v) is 32.8. The summed E-state index contributed by atoms with van der Waals surface area (Å²) >= 11 is 0. The standard InChI is InChI=1S/C57H42/c1-35-43-13-5-9-17-49(43)55(50-18-10-6-14-44(35)50)39-25-21-37(22-26-39)41-29-31-47-48-32-30-42(34-54(48)57(3,4)53(47)33-41)38-23-27-40(28-24-38)56-51-19-11-7-15-45(51)36(2)46-16-8-12-20-52(46)56/h5-34H,1-4H3. The molecule has 0 atom stereocenters. The van der Waals surface area contributed by atoms with Crippen molar-refractivity contribution in [2.75, 3.05) is 0 Å². The van der Waals surface area contributed by atoms with Crippen molar-refractivity contribution in [2.45, 2.75) is 33.1 Å². The molecule has 0 fully saturated rings. The Morgan fingerprint density at radius 2 is 0.544 bits per heavy atom. The van der Waals surface area contributed by atoms with E-state index in [1.54, 1.807) is 0 Å². The van der Waals surface area contributed by atoms with Gasteiger partial charge in [0.1, 0.15) is 0 Å². The molecule has 11 rings (SSSR count). The van der Waals surface area contributed by atoms with Gasteiger partial charge in [-0.15, -0.1) is 0 Å². The van der Waals surface area contributed by atoms with Crippen LogP contribution >= 0.6 is 0 Å². The van der Waals surface area contributed by atoms with Gasteiger partial charge in [0, 0.05) is 5.41 Å². The molecular weight excluding hydrogens is 685 g/mol. The molecule has 57 heavy (non-hydrogen) atoms. The minimum atomic E-state index is -0.129. The first kappa shape index (κ1) is 33.6. The van der Waals surface area contributed by atoms with E-state index in [1.165, 1.54) is 121 Å². The highest BCUT2D eigenvalue weighted by Gasteiger charge is 2.36. The molecule has 0 heterocycles. The van der Waals surface area contributed by atoms with Gasteiger partial charge in [0.2, 0.25) is 0 Å². The van der Waals surface area contributed by atoms with Crippen LogP contribution in [-0.2, 0) is 5.41 Å². The van der Waals surface area contributed by atoms with Gasteiger partial charge in [-0.1, -0.05) is 184 Å². The van der Waals surface area contributed by atoms with Crippen molar-refractivity contribution in [1.82, 2.24) is 0 Å². The van der Waals surface area contributed by atoms with Crippen molar-refractivity contribution in [3.63, 3.8) is 0 Å². The Kier molecular flexibility index (Phi) is 7.44. The molecule has 0 spiro atoms. The average Bonchev–Trinajstić information content (AvgIpc) is 3.49. The predicted molar refractivity (Wildman–Crippen MR) is 245 cm³/mol. The Morgan fingerprint density at radius 1 is 0.281 bits per heavy atom. The van der Waals surface area contributed by atoms with Gasteiger partial charge >= 0.3 is 0 Å². The van der Waals surface area contributed by atoms with Crippen LogP contribution in [0.15, 0.2) is 182 Å². The van der Waals surface area contributed by atoms with E-state index in [0.29, 0.717) is 0 Å². The van der Waals surface area contributed by atoms with Crippen molar-refractivity contribution in [3.05, 3.63) is 204 Å². The molecule has 0 heteroatoms. The van der Waals surface area contributed by atoms with Gasteiger partial charge in [-0.05, 0) is 147 Å². The fraction of sp³-hybridized carbons (Fsp3) is 0.0877. The minimum absolute atomic E-state index is 0.129. The zero-order chi connectivity index (χ0) is 38.4. The van der Waals surface area contributed by atoms with Crippen LogP contribution in [0.3, 0.4) is 0 Å². The van der Waals surface area contributed by atoms with E-state index < -0.39 is 0 Å². The second kappa shape index (κ2) is 12.6. The lowest BCUT2D eigenvalue weighted by Gasteiger charge is -2.23. The van der Waals surface area contributed by atoms with E-state index in [1.807, 2.05) is 0 Å². The molecule has 0 aromatic heterocycles. The molecule has 10 aromatic rings. The Bertz CT molecular complexity index is 2910. The Balaban J connectivity index is 0.929. The molecule has 0 nitrogen and oxygen atoms in total. The first-order valence-corrected chi connectivity index (χ1v) is 20.2. The lowest BCUT2D eigenvalue weighted by atomic mass is 9.80. The number of aryl methyl sites for hydroxylation is 2. The van der Waals surface area contributed by atoms with Crippen LogP contribution in [0.4, 0.5) is 0 Å². The van der Waals surface area contributed by atoms with Crippen molar-refractivity contribution in [2.24, 2.45) is 0 Å². The predicted octanol–water partition coefficient (Wildman–Crippen LogP) is 15.9. The van der Waals surface area contributed by atoms with E-state index in [9.17, 15) is 0 Å². The van der Waals surface area contributed by atoms with E-state index in [2.05, 4.69) is 210 Å². The number of benzene rings is 10. The normalized spacial score (nSPS) is 13.1. The largest absolute Gasteiger partial charge is 0.0616 e. The smallest absolute Gasteiger partial charge is 0.0159 e. The lowest BCUT2D eigenvalue weighted by molar-refractivity contribution is 0.661. The van der Waals surface area contributed by atoms with Crippen LogP contribution < -0.4 is 0 Å². The number of rotatable bonds is 4. The lowest BCUT2D eigenvalue weighted by Crippen LogP contribution is -2.15. The summed E-state index contributed by atoms with van der Waals surface area (Å²) < 4.78 is 0. The highest BCUT2D eigenvalue weighted by Crippen LogP contribution is 2.51. The van der Waals surface area contributed by atoms with Crippen LogP contribution in [0.2, 0.25) is 0 Å². The zero-order valence-electron chi connectivity index (χ0n) is 32.8. The minimum Gasteiger partial charge on any atom is -0.0616 e. The summed E-state index contributed by atoms with van der Waals surface area (Å²) in [5, 5.41) is 10.5.